The number of allylic oxidation sites excluding steroid dienone is 1. The van der Waals surface area contributed by atoms with Gasteiger partial charge in [0.05, 0.1) is 11.4 Å². The molecule has 0 aliphatic rings. The van der Waals surface area contributed by atoms with Crippen molar-refractivity contribution in [1.29, 1.82) is 5.41 Å². The Bertz CT molecular complexity index is 313. The molecule has 90 valence electrons. The van der Waals surface area contributed by atoms with E-state index < -0.39 is 0 Å². The maximum Gasteiger partial charge on any atom is 0.157 e. The first-order chi connectivity index (χ1) is 7.43. The second-order valence-electron chi connectivity index (χ2n) is 3.98. The first-order valence-electron chi connectivity index (χ1n) is 5.37. The van der Waals surface area contributed by atoms with Crippen molar-refractivity contribution in [2.75, 3.05) is 6.54 Å². The summed E-state index contributed by atoms with van der Waals surface area (Å²) in [5, 5.41) is 7.54. The molecule has 0 radical (unpaired) electrons. The minimum absolute atomic E-state index is 0.316. The highest BCUT2D eigenvalue weighted by atomic mass is 15.2. The van der Waals surface area contributed by atoms with Gasteiger partial charge >= 0.3 is 0 Å². The largest absolute Gasteiger partial charge is 0.394 e. The van der Waals surface area contributed by atoms with Crippen LogP contribution in [0.15, 0.2) is 29.3 Å². The van der Waals surface area contributed by atoms with Gasteiger partial charge in [-0.25, -0.2) is 4.99 Å². The summed E-state index contributed by atoms with van der Waals surface area (Å²) in [5.74, 6) is 1.07. The second-order valence-corrected chi connectivity index (χ2v) is 3.98. The lowest BCUT2D eigenvalue weighted by Gasteiger charge is -2.23. The van der Waals surface area contributed by atoms with Gasteiger partial charge in [0.1, 0.15) is 0 Å². The Morgan fingerprint density at radius 3 is 2.44 bits per heavy atom. The van der Waals surface area contributed by atoms with Crippen LogP contribution in [-0.2, 0) is 0 Å². The Morgan fingerprint density at radius 1 is 1.56 bits per heavy atom. The molecular formula is C12H22N4. The minimum Gasteiger partial charge on any atom is -0.394 e. The highest BCUT2D eigenvalue weighted by molar-refractivity contribution is 5.95. The zero-order valence-corrected chi connectivity index (χ0v) is 10.6. The van der Waals surface area contributed by atoms with Gasteiger partial charge < -0.3 is 16.0 Å². The van der Waals surface area contributed by atoms with E-state index in [4.69, 9.17) is 11.1 Å². The van der Waals surface area contributed by atoms with Crippen molar-refractivity contribution in [3.8, 4) is 0 Å². The van der Waals surface area contributed by atoms with Crippen LogP contribution in [-0.4, -0.2) is 23.4 Å². The highest BCUT2D eigenvalue weighted by Crippen LogP contribution is 2.12. The van der Waals surface area contributed by atoms with Crippen molar-refractivity contribution < 1.29 is 0 Å². The zero-order chi connectivity index (χ0) is 12.7. The average molecular weight is 222 g/mol. The van der Waals surface area contributed by atoms with E-state index in [1.54, 1.807) is 19.3 Å². The summed E-state index contributed by atoms with van der Waals surface area (Å²) >= 11 is 0. The van der Waals surface area contributed by atoms with Crippen molar-refractivity contribution in [3.05, 3.63) is 24.3 Å². The highest BCUT2D eigenvalue weighted by Gasteiger charge is 2.12. The molecule has 0 unspecified atom stereocenters. The summed E-state index contributed by atoms with van der Waals surface area (Å²) in [6, 6.07) is 0. The van der Waals surface area contributed by atoms with E-state index in [1.807, 2.05) is 11.8 Å². The Labute approximate surface area is 98.1 Å². The molecule has 0 aromatic rings. The van der Waals surface area contributed by atoms with Crippen LogP contribution in [0.5, 0.6) is 0 Å². The van der Waals surface area contributed by atoms with E-state index in [-0.39, 0.29) is 0 Å². The molecule has 0 bridgehead atoms. The third kappa shape index (κ3) is 4.29. The minimum atomic E-state index is 0.316. The topological polar surface area (TPSA) is 65.5 Å². The number of nitrogens with two attached hydrogens (primary N) is 1. The van der Waals surface area contributed by atoms with E-state index in [9.17, 15) is 0 Å². The molecule has 16 heavy (non-hydrogen) atoms. The molecule has 4 heteroatoms. The number of aliphatic imine (C=N–C) groups is 1. The van der Waals surface area contributed by atoms with Crippen LogP contribution in [0.4, 0.5) is 0 Å². The van der Waals surface area contributed by atoms with Gasteiger partial charge in [-0.05, 0) is 26.0 Å². The number of hydrogen-bond acceptors (Lipinski definition) is 4. The van der Waals surface area contributed by atoms with Crippen molar-refractivity contribution in [2.24, 2.45) is 16.6 Å². The lowest BCUT2D eigenvalue weighted by molar-refractivity contribution is 0.392. The fraction of sp³-hybridized carbons (Fsp3) is 0.500. The van der Waals surface area contributed by atoms with Crippen molar-refractivity contribution in [2.45, 2.75) is 27.7 Å². The van der Waals surface area contributed by atoms with Crippen LogP contribution >= 0.6 is 0 Å². The second kappa shape index (κ2) is 6.82. The molecular weight excluding hydrogens is 200 g/mol. The van der Waals surface area contributed by atoms with Crippen molar-refractivity contribution >= 4 is 11.9 Å². The van der Waals surface area contributed by atoms with Crippen LogP contribution in [0.2, 0.25) is 0 Å². The van der Waals surface area contributed by atoms with Crippen molar-refractivity contribution in [1.82, 2.24) is 4.90 Å². The van der Waals surface area contributed by atoms with Crippen LogP contribution < -0.4 is 5.73 Å². The molecule has 0 saturated carbocycles. The Hall–Kier alpha value is -1.58. The molecule has 0 fully saturated rings. The summed E-state index contributed by atoms with van der Waals surface area (Å²) < 4.78 is 0. The Morgan fingerprint density at radius 2 is 2.12 bits per heavy atom. The molecule has 3 N–H and O–H groups in total. The molecule has 4 nitrogen and oxygen atoms in total. The Kier molecular flexibility index (Phi) is 6.15. The molecule has 0 aliphatic carbocycles. The first-order valence-corrected chi connectivity index (χ1v) is 5.37. The normalized spacial score (nSPS) is 12.8. The summed E-state index contributed by atoms with van der Waals surface area (Å²) in [7, 11) is 0. The van der Waals surface area contributed by atoms with Gasteiger partial charge in [-0.15, -0.1) is 0 Å². The summed E-state index contributed by atoms with van der Waals surface area (Å²) in [6.45, 7) is 12.2. The van der Waals surface area contributed by atoms with Gasteiger partial charge in [0.15, 0.2) is 5.82 Å². The molecule has 0 aliphatic heterocycles. The van der Waals surface area contributed by atoms with E-state index in [0.717, 1.165) is 6.54 Å². The summed E-state index contributed by atoms with van der Waals surface area (Å²) in [6.07, 6.45) is 3.36. The monoisotopic (exact) mass is 222 g/mol. The number of nitrogens with one attached hydrogen (secondary N) is 1. The zero-order valence-electron chi connectivity index (χ0n) is 10.6. The van der Waals surface area contributed by atoms with Crippen LogP contribution in [0.3, 0.4) is 0 Å². The lowest BCUT2D eigenvalue weighted by atomic mass is 10.2. The van der Waals surface area contributed by atoms with E-state index in [2.05, 4.69) is 25.4 Å². The Balaban J connectivity index is 5.24. The predicted molar refractivity (Wildman–Crippen MR) is 70.5 cm³/mol. The molecule has 0 aromatic heterocycles. The number of rotatable bonds is 6. The quantitative estimate of drug-likeness (QED) is 0.677. The smallest absolute Gasteiger partial charge is 0.157 e. The van der Waals surface area contributed by atoms with E-state index >= 15 is 0 Å². The van der Waals surface area contributed by atoms with Gasteiger partial charge in [0.25, 0.3) is 0 Å². The molecule has 0 amide bonds. The molecule has 0 spiro atoms. The van der Waals surface area contributed by atoms with Gasteiger partial charge in [-0.3, -0.25) is 0 Å². The average Bonchev–Trinajstić information content (AvgIpc) is 2.21. The van der Waals surface area contributed by atoms with E-state index in [1.165, 1.54) is 0 Å². The molecule has 0 rings (SSSR count). The SMILES string of the molecule is C=CN(CC(C)C)/C(N=CC)=C(\N)C(C)=N. The van der Waals surface area contributed by atoms with Crippen LogP contribution in [0.1, 0.15) is 27.7 Å². The first kappa shape index (κ1) is 14.4. The number of nitrogens with zero attached hydrogens (tertiary/aromatic N) is 2. The lowest BCUT2D eigenvalue weighted by Crippen LogP contribution is -2.25. The predicted octanol–water partition coefficient (Wildman–Crippen LogP) is 2.35. The maximum atomic E-state index is 7.54. The fourth-order valence-corrected chi connectivity index (χ4v) is 1.23. The van der Waals surface area contributed by atoms with Gasteiger partial charge in [-0.1, -0.05) is 20.4 Å². The van der Waals surface area contributed by atoms with Gasteiger partial charge in [0.2, 0.25) is 0 Å². The van der Waals surface area contributed by atoms with Gasteiger partial charge in [-0.2, -0.15) is 0 Å². The third-order valence-electron chi connectivity index (χ3n) is 1.95. The maximum absolute atomic E-state index is 7.54. The van der Waals surface area contributed by atoms with Crippen molar-refractivity contribution in [3.63, 3.8) is 0 Å². The fourth-order valence-electron chi connectivity index (χ4n) is 1.23. The molecule has 0 saturated heterocycles. The molecule has 0 heterocycles. The number of hydrogen-bond donors (Lipinski definition) is 2. The summed E-state index contributed by atoms with van der Waals surface area (Å²) in [5.41, 5.74) is 6.55. The van der Waals surface area contributed by atoms with Crippen LogP contribution in [0.25, 0.3) is 0 Å². The van der Waals surface area contributed by atoms with Crippen LogP contribution in [0, 0.1) is 11.3 Å². The standard InChI is InChI=1S/C12H22N4/c1-6-15-12(11(14)10(5)13)16(7-2)8-9(3)4/h6-7,9,13H,2,8,14H2,1,3-5H3/b12-11-,13-10?,15-6?. The van der Waals surface area contributed by atoms with Gasteiger partial charge in [0, 0.05) is 12.8 Å². The summed E-state index contributed by atoms with van der Waals surface area (Å²) in [4.78, 5) is 6.09. The molecule has 0 aromatic carbocycles. The molecule has 0 atom stereocenters. The third-order valence-corrected chi connectivity index (χ3v) is 1.95. The van der Waals surface area contributed by atoms with E-state index in [0.29, 0.717) is 23.1 Å².